The second kappa shape index (κ2) is 2.51. The monoisotopic (exact) mass is 296 g/mol. The quantitative estimate of drug-likeness (QED) is 0.472. The molecule has 72 valence electrons. The maximum atomic E-state index is 6.07. The molecule has 2 atom stereocenters. The third-order valence-electron chi connectivity index (χ3n) is 2.34. The van der Waals surface area contributed by atoms with Crippen LogP contribution in [0.3, 0.4) is 0 Å². The van der Waals surface area contributed by atoms with E-state index < -0.39 is 18.4 Å². The summed E-state index contributed by atoms with van der Waals surface area (Å²) in [4.78, 5) is -2.30. The zero-order chi connectivity index (χ0) is 10.1. The molecule has 0 radical (unpaired) electrons. The molecule has 0 heterocycles. The first-order valence-electron chi connectivity index (χ1n) is 3.34. The Kier molecular flexibility index (Phi) is 2.09. The summed E-state index contributed by atoms with van der Waals surface area (Å²) >= 11 is 36.0. The van der Waals surface area contributed by atoms with Gasteiger partial charge in [-0.1, -0.05) is 58.2 Å². The van der Waals surface area contributed by atoms with Gasteiger partial charge in [0.25, 0.3) is 0 Å². The van der Waals surface area contributed by atoms with E-state index in [4.69, 9.17) is 69.6 Å². The summed E-state index contributed by atoms with van der Waals surface area (Å²) in [5.74, 6) is 5.34. The first-order valence-corrected chi connectivity index (χ1v) is 5.61. The second-order valence-electron chi connectivity index (χ2n) is 3.18. The van der Waals surface area contributed by atoms with Crippen molar-refractivity contribution in [1.29, 1.82) is 0 Å². The minimum atomic E-state index is -1.56. The Morgan fingerprint density at radius 3 is 1.15 bits per heavy atom. The van der Waals surface area contributed by atoms with Gasteiger partial charge in [0, 0.05) is 6.42 Å². The van der Waals surface area contributed by atoms with Crippen molar-refractivity contribution in [1.82, 2.24) is 0 Å². The average Bonchev–Trinajstić information content (AvgIpc) is 2.33. The van der Waals surface area contributed by atoms with Gasteiger partial charge in [0.2, 0.25) is 0 Å². The maximum Gasteiger partial charge on any atom is 0.183 e. The van der Waals surface area contributed by atoms with E-state index in [1.807, 2.05) is 0 Å². The fourth-order valence-electron chi connectivity index (χ4n) is 1.50. The number of fused-ring (bicyclic) bond motifs is 2. The molecule has 0 aromatic rings. The Labute approximate surface area is 106 Å². The summed E-state index contributed by atoms with van der Waals surface area (Å²) in [6, 6.07) is 0. The summed E-state index contributed by atoms with van der Waals surface area (Å²) in [6.07, 6.45) is 0.225. The second-order valence-corrected chi connectivity index (χ2v) is 7.12. The van der Waals surface area contributed by atoms with Crippen molar-refractivity contribution in [3.63, 3.8) is 0 Å². The highest BCUT2D eigenvalue weighted by molar-refractivity contribution is 6.69. The largest absolute Gasteiger partial charge is 0.183 e. The highest BCUT2D eigenvalue weighted by Crippen LogP contribution is 2.69. The predicted octanol–water partition coefficient (Wildman–Crippen LogP) is 3.71. The molecule has 0 saturated heterocycles. The van der Waals surface area contributed by atoms with Crippen molar-refractivity contribution in [2.24, 2.45) is 0 Å². The van der Waals surface area contributed by atoms with E-state index in [0.717, 1.165) is 0 Å². The van der Waals surface area contributed by atoms with E-state index in [1.54, 1.807) is 0 Å². The van der Waals surface area contributed by atoms with Gasteiger partial charge in [-0.3, -0.25) is 0 Å². The number of alkyl halides is 6. The fourth-order valence-corrected chi connectivity index (χ4v) is 3.64. The van der Waals surface area contributed by atoms with Crippen LogP contribution in [0, 0.1) is 11.8 Å². The van der Waals surface area contributed by atoms with Crippen LogP contribution in [0.2, 0.25) is 0 Å². The van der Waals surface area contributed by atoms with Crippen LogP contribution < -0.4 is 0 Å². The lowest BCUT2D eigenvalue weighted by atomic mass is 10.1. The van der Waals surface area contributed by atoms with Crippen molar-refractivity contribution >= 4 is 69.6 Å². The van der Waals surface area contributed by atoms with E-state index in [1.165, 1.54) is 0 Å². The molecule has 0 aliphatic heterocycles. The summed E-state index contributed by atoms with van der Waals surface area (Å²) in [6.45, 7) is 0. The van der Waals surface area contributed by atoms with Crippen LogP contribution in [0.5, 0.6) is 0 Å². The molecule has 0 aromatic heterocycles. The van der Waals surface area contributed by atoms with Gasteiger partial charge in [-0.15, -0.1) is 23.2 Å². The van der Waals surface area contributed by atoms with Gasteiger partial charge in [0.05, 0.1) is 0 Å². The highest BCUT2D eigenvalue weighted by atomic mass is 35.5. The molecule has 0 spiro atoms. The zero-order valence-electron chi connectivity index (χ0n) is 5.97. The molecule has 0 aromatic carbocycles. The molecule has 6 heteroatoms. The van der Waals surface area contributed by atoms with Gasteiger partial charge in [-0.2, -0.15) is 0 Å². The predicted molar refractivity (Wildman–Crippen MR) is 58.4 cm³/mol. The Balaban J connectivity index is 2.65. The lowest BCUT2D eigenvalue weighted by Gasteiger charge is -2.37. The highest BCUT2D eigenvalue weighted by Gasteiger charge is 2.78. The van der Waals surface area contributed by atoms with Gasteiger partial charge in [-0.05, 0) is 0 Å². The minimum Gasteiger partial charge on any atom is -0.102 e. The van der Waals surface area contributed by atoms with E-state index in [2.05, 4.69) is 11.8 Å². The molecular weight excluding hydrogens is 297 g/mol. The molecule has 0 amide bonds. The first-order chi connectivity index (χ1) is 5.66. The Hall–Kier alpha value is 1.30. The molecule has 2 unspecified atom stereocenters. The lowest BCUT2D eigenvalue weighted by molar-refractivity contribution is 0.674. The zero-order valence-corrected chi connectivity index (χ0v) is 10.5. The molecular formula is C7H2Cl6. The summed E-state index contributed by atoms with van der Waals surface area (Å²) in [5, 5.41) is 0. The Morgan fingerprint density at radius 1 is 0.692 bits per heavy atom. The number of rotatable bonds is 0. The maximum absolute atomic E-state index is 6.07. The van der Waals surface area contributed by atoms with Crippen molar-refractivity contribution in [2.45, 2.75) is 24.8 Å². The van der Waals surface area contributed by atoms with Gasteiger partial charge < -0.3 is 0 Å². The Morgan fingerprint density at radius 2 is 1.00 bits per heavy atom. The van der Waals surface area contributed by atoms with Crippen LogP contribution in [-0.4, -0.2) is 18.4 Å². The fraction of sp³-hybridized carbons (Fsp3) is 0.714. The molecule has 2 rings (SSSR count). The summed E-state index contributed by atoms with van der Waals surface area (Å²) in [7, 11) is 0. The number of hydrogen-bond acceptors (Lipinski definition) is 0. The molecule has 13 heavy (non-hydrogen) atoms. The van der Waals surface area contributed by atoms with Gasteiger partial charge in [0.1, 0.15) is 9.75 Å². The lowest BCUT2D eigenvalue weighted by Crippen LogP contribution is -2.51. The average molecular weight is 299 g/mol. The molecule has 2 aliphatic rings. The van der Waals surface area contributed by atoms with Gasteiger partial charge in [-0.25, -0.2) is 0 Å². The third-order valence-corrected chi connectivity index (χ3v) is 6.56. The van der Waals surface area contributed by atoms with Crippen molar-refractivity contribution in [3.8, 4) is 11.8 Å². The molecule has 2 aliphatic carbocycles. The van der Waals surface area contributed by atoms with Gasteiger partial charge >= 0.3 is 0 Å². The topological polar surface area (TPSA) is 0 Å². The number of halogens is 6. The van der Waals surface area contributed by atoms with Crippen LogP contribution in [0.1, 0.15) is 6.42 Å². The van der Waals surface area contributed by atoms with Crippen LogP contribution in [0.4, 0.5) is 0 Å². The molecule has 0 nitrogen and oxygen atoms in total. The smallest absolute Gasteiger partial charge is 0.102 e. The van der Waals surface area contributed by atoms with Crippen molar-refractivity contribution in [2.75, 3.05) is 0 Å². The van der Waals surface area contributed by atoms with E-state index in [-0.39, 0.29) is 6.42 Å². The van der Waals surface area contributed by atoms with Crippen LogP contribution in [0.15, 0.2) is 0 Å². The van der Waals surface area contributed by atoms with E-state index in [9.17, 15) is 0 Å². The normalized spacial score (nSPS) is 48.8. The first kappa shape index (κ1) is 10.8. The van der Waals surface area contributed by atoms with E-state index >= 15 is 0 Å². The number of hydrogen-bond donors (Lipinski definition) is 0. The minimum absolute atomic E-state index is 0.225. The summed E-state index contributed by atoms with van der Waals surface area (Å²) < 4.78 is -3.12. The van der Waals surface area contributed by atoms with Crippen molar-refractivity contribution < 1.29 is 0 Å². The van der Waals surface area contributed by atoms with Gasteiger partial charge in [0.15, 0.2) is 8.67 Å². The standard InChI is InChI=1S/C7H2Cl6/c8-4-1-2-5(9,3-4)7(12,13)6(4,10)11/h3H2. The van der Waals surface area contributed by atoms with Crippen molar-refractivity contribution in [3.05, 3.63) is 0 Å². The molecule has 1 fully saturated rings. The summed E-state index contributed by atoms with van der Waals surface area (Å²) in [5.41, 5.74) is 0. The Bertz CT molecular complexity index is 307. The molecule has 2 bridgehead atoms. The van der Waals surface area contributed by atoms with Crippen LogP contribution >= 0.6 is 69.6 Å². The third kappa shape index (κ3) is 0.996. The SMILES string of the molecule is ClC12C#CC(Cl)(C1)C(Cl)(Cl)C2(Cl)Cl. The molecule has 0 N–H and O–H groups in total. The molecule has 1 saturated carbocycles. The van der Waals surface area contributed by atoms with Crippen LogP contribution in [-0.2, 0) is 0 Å². The van der Waals surface area contributed by atoms with E-state index in [0.29, 0.717) is 0 Å². The van der Waals surface area contributed by atoms with Crippen LogP contribution in [0.25, 0.3) is 0 Å².